The third kappa shape index (κ3) is 5.30. The molecule has 6 heteroatoms. The van der Waals surface area contributed by atoms with E-state index >= 15 is 0 Å². The van der Waals surface area contributed by atoms with E-state index in [0.29, 0.717) is 44.4 Å². The zero-order valence-electron chi connectivity index (χ0n) is 19.0. The van der Waals surface area contributed by atoms with Gasteiger partial charge >= 0.3 is 0 Å². The van der Waals surface area contributed by atoms with Crippen LogP contribution in [-0.4, -0.2) is 67.6 Å². The molecule has 2 amide bonds. The van der Waals surface area contributed by atoms with Crippen LogP contribution in [0.4, 0.5) is 0 Å². The maximum Gasteiger partial charge on any atom is 0.254 e. The highest BCUT2D eigenvalue weighted by molar-refractivity contribution is 5.96. The summed E-state index contributed by atoms with van der Waals surface area (Å²) in [5.41, 5.74) is 3.63. The van der Waals surface area contributed by atoms with E-state index in [9.17, 15) is 9.59 Å². The van der Waals surface area contributed by atoms with Gasteiger partial charge in [0.05, 0.1) is 19.8 Å². The number of rotatable bonds is 5. The van der Waals surface area contributed by atoms with Crippen molar-refractivity contribution < 1.29 is 19.1 Å². The first-order chi connectivity index (χ1) is 15.5. The van der Waals surface area contributed by atoms with E-state index in [1.165, 1.54) is 0 Å². The lowest BCUT2D eigenvalue weighted by Gasteiger charge is -2.32. The molecule has 2 saturated heterocycles. The van der Waals surface area contributed by atoms with Crippen LogP contribution >= 0.6 is 0 Å². The molecule has 2 aliphatic rings. The second-order valence-electron chi connectivity index (χ2n) is 8.79. The number of amides is 2. The van der Waals surface area contributed by atoms with Gasteiger partial charge in [-0.1, -0.05) is 17.7 Å². The molecule has 32 heavy (non-hydrogen) atoms. The van der Waals surface area contributed by atoms with Crippen LogP contribution < -0.4 is 4.74 Å². The molecule has 2 aromatic carbocycles. The van der Waals surface area contributed by atoms with Gasteiger partial charge in [0.2, 0.25) is 0 Å². The van der Waals surface area contributed by atoms with Crippen molar-refractivity contribution in [3.63, 3.8) is 0 Å². The Hall–Kier alpha value is -2.86. The van der Waals surface area contributed by atoms with E-state index in [4.69, 9.17) is 9.47 Å². The van der Waals surface area contributed by atoms with Crippen LogP contribution in [0.25, 0.3) is 0 Å². The Morgan fingerprint density at radius 3 is 2.25 bits per heavy atom. The van der Waals surface area contributed by atoms with Gasteiger partial charge in [-0.3, -0.25) is 9.59 Å². The Balaban J connectivity index is 1.24. The smallest absolute Gasteiger partial charge is 0.254 e. The van der Waals surface area contributed by atoms with Crippen molar-refractivity contribution in [3.05, 3.63) is 64.7 Å². The fraction of sp³-hybridized carbons (Fsp3) is 0.462. The maximum atomic E-state index is 12.9. The summed E-state index contributed by atoms with van der Waals surface area (Å²) in [6, 6.07) is 13.4. The lowest BCUT2D eigenvalue weighted by atomic mass is 9.96. The number of aryl methyl sites for hydroxylation is 2. The summed E-state index contributed by atoms with van der Waals surface area (Å²) >= 11 is 0. The van der Waals surface area contributed by atoms with Gasteiger partial charge in [0, 0.05) is 37.3 Å². The third-order valence-corrected chi connectivity index (χ3v) is 6.41. The molecule has 2 fully saturated rings. The van der Waals surface area contributed by atoms with Crippen LogP contribution in [0, 0.1) is 19.8 Å². The average Bonchev–Trinajstić information content (AvgIpc) is 2.84. The molecule has 0 aliphatic carbocycles. The molecule has 2 aliphatic heterocycles. The number of piperidine rings is 1. The summed E-state index contributed by atoms with van der Waals surface area (Å²) in [6.45, 7) is 8.63. The van der Waals surface area contributed by atoms with E-state index in [1.54, 1.807) is 0 Å². The molecule has 0 unspecified atom stereocenters. The predicted molar refractivity (Wildman–Crippen MR) is 123 cm³/mol. The van der Waals surface area contributed by atoms with Gasteiger partial charge in [0.15, 0.2) is 0 Å². The third-order valence-electron chi connectivity index (χ3n) is 6.41. The molecule has 0 N–H and O–H groups in total. The molecule has 2 aromatic rings. The standard InChI is InChI=1S/C26H32N2O4/c1-19-3-4-20(2)24(17-19)26(30)27-11-9-21(10-12-27)18-32-23-7-5-22(6-8-23)25(29)28-13-15-31-16-14-28/h3-8,17,21H,9-16,18H2,1-2H3. The van der Waals surface area contributed by atoms with Crippen molar-refractivity contribution in [2.24, 2.45) is 5.92 Å². The first-order valence-corrected chi connectivity index (χ1v) is 11.5. The SMILES string of the molecule is Cc1ccc(C)c(C(=O)N2CCC(COc3ccc(C(=O)N4CCOCC4)cc3)CC2)c1. The number of carbonyl (C=O) groups is 2. The fourth-order valence-corrected chi connectivity index (χ4v) is 4.30. The summed E-state index contributed by atoms with van der Waals surface area (Å²) in [4.78, 5) is 29.2. The summed E-state index contributed by atoms with van der Waals surface area (Å²) in [5.74, 6) is 1.37. The van der Waals surface area contributed by atoms with Crippen LogP contribution in [0.15, 0.2) is 42.5 Å². The topological polar surface area (TPSA) is 59.1 Å². The predicted octanol–water partition coefficient (Wildman–Crippen LogP) is 3.71. The number of hydrogen-bond acceptors (Lipinski definition) is 4. The summed E-state index contributed by atoms with van der Waals surface area (Å²) < 4.78 is 11.3. The van der Waals surface area contributed by atoms with Crippen molar-refractivity contribution in [2.75, 3.05) is 46.0 Å². The first kappa shape index (κ1) is 22.3. The van der Waals surface area contributed by atoms with Gasteiger partial charge in [-0.25, -0.2) is 0 Å². The van der Waals surface area contributed by atoms with Gasteiger partial charge in [-0.15, -0.1) is 0 Å². The summed E-state index contributed by atoms with van der Waals surface area (Å²) in [6.07, 6.45) is 1.87. The maximum absolute atomic E-state index is 12.9. The molecule has 2 heterocycles. The van der Waals surface area contributed by atoms with Gasteiger partial charge < -0.3 is 19.3 Å². The zero-order chi connectivity index (χ0) is 22.5. The normalized spacial score (nSPS) is 17.3. The summed E-state index contributed by atoms with van der Waals surface area (Å²) in [5, 5.41) is 0. The Morgan fingerprint density at radius 1 is 0.906 bits per heavy atom. The monoisotopic (exact) mass is 436 g/mol. The summed E-state index contributed by atoms with van der Waals surface area (Å²) in [7, 11) is 0. The number of likely N-dealkylation sites (tertiary alicyclic amines) is 1. The van der Waals surface area contributed by atoms with E-state index in [0.717, 1.165) is 48.4 Å². The lowest BCUT2D eigenvalue weighted by Crippen LogP contribution is -2.40. The van der Waals surface area contributed by atoms with E-state index in [2.05, 4.69) is 0 Å². The first-order valence-electron chi connectivity index (χ1n) is 11.5. The van der Waals surface area contributed by atoms with Crippen LogP contribution in [0.3, 0.4) is 0 Å². The highest BCUT2D eigenvalue weighted by Crippen LogP contribution is 2.23. The molecule has 0 aromatic heterocycles. The lowest BCUT2D eigenvalue weighted by molar-refractivity contribution is 0.0303. The average molecular weight is 437 g/mol. The Bertz CT molecular complexity index is 943. The second-order valence-corrected chi connectivity index (χ2v) is 8.79. The minimum Gasteiger partial charge on any atom is -0.493 e. The van der Waals surface area contributed by atoms with E-state index < -0.39 is 0 Å². The molecular formula is C26H32N2O4. The molecular weight excluding hydrogens is 404 g/mol. The van der Waals surface area contributed by atoms with E-state index in [-0.39, 0.29) is 11.8 Å². The van der Waals surface area contributed by atoms with Crippen LogP contribution in [0.1, 0.15) is 44.7 Å². The van der Waals surface area contributed by atoms with Gasteiger partial charge in [0.25, 0.3) is 11.8 Å². The number of carbonyl (C=O) groups excluding carboxylic acids is 2. The number of nitrogens with zero attached hydrogens (tertiary/aromatic N) is 2. The Labute approximate surface area is 190 Å². The van der Waals surface area contributed by atoms with Crippen LogP contribution in [-0.2, 0) is 4.74 Å². The van der Waals surface area contributed by atoms with Gasteiger partial charge in [0.1, 0.15) is 5.75 Å². The molecule has 0 saturated carbocycles. The molecule has 4 rings (SSSR count). The number of ether oxygens (including phenoxy) is 2. The molecule has 0 atom stereocenters. The van der Waals surface area contributed by atoms with E-state index in [1.807, 2.05) is 66.1 Å². The number of hydrogen-bond donors (Lipinski definition) is 0. The molecule has 170 valence electrons. The van der Waals surface area contributed by atoms with Crippen molar-refractivity contribution in [1.29, 1.82) is 0 Å². The minimum absolute atomic E-state index is 0.0423. The van der Waals surface area contributed by atoms with Crippen LogP contribution in [0.5, 0.6) is 5.75 Å². The Kier molecular flexibility index (Phi) is 7.10. The molecule has 0 bridgehead atoms. The van der Waals surface area contributed by atoms with Crippen molar-refractivity contribution in [1.82, 2.24) is 9.80 Å². The number of benzene rings is 2. The molecule has 0 radical (unpaired) electrons. The van der Waals surface area contributed by atoms with Crippen molar-refractivity contribution in [2.45, 2.75) is 26.7 Å². The molecule has 0 spiro atoms. The van der Waals surface area contributed by atoms with Crippen molar-refractivity contribution >= 4 is 11.8 Å². The second kappa shape index (κ2) is 10.2. The largest absolute Gasteiger partial charge is 0.493 e. The van der Waals surface area contributed by atoms with Gasteiger partial charge in [-0.2, -0.15) is 0 Å². The minimum atomic E-state index is 0.0423. The highest BCUT2D eigenvalue weighted by atomic mass is 16.5. The van der Waals surface area contributed by atoms with Crippen molar-refractivity contribution in [3.8, 4) is 5.75 Å². The zero-order valence-corrected chi connectivity index (χ0v) is 19.0. The fourth-order valence-electron chi connectivity index (χ4n) is 4.30. The quantitative estimate of drug-likeness (QED) is 0.717. The Morgan fingerprint density at radius 2 is 1.56 bits per heavy atom. The molecule has 6 nitrogen and oxygen atoms in total. The number of morpholine rings is 1. The highest BCUT2D eigenvalue weighted by Gasteiger charge is 2.25. The van der Waals surface area contributed by atoms with Crippen LogP contribution in [0.2, 0.25) is 0 Å². The van der Waals surface area contributed by atoms with Gasteiger partial charge in [-0.05, 0) is 68.5 Å².